The van der Waals surface area contributed by atoms with Crippen LogP contribution < -0.4 is 10.1 Å². The second-order valence-corrected chi connectivity index (χ2v) is 4.65. The van der Waals surface area contributed by atoms with E-state index < -0.39 is 0 Å². The third-order valence-electron chi connectivity index (χ3n) is 2.92. The molecule has 1 N–H and O–H groups in total. The lowest BCUT2D eigenvalue weighted by molar-refractivity contribution is 0.458. The summed E-state index contributed by atoms with van der Waals surface area (Å²) in [6, 6.07) is 10.1. The van der Waals surface area contributed by atoms with E-state index in [0.717, 1.165) is 24.4 Å². The molecule has 0 saturated heterocycles. The van der Waals surface area contributed by atoms with Crippen LogP contribution in [0.4, 0.5) is 0 Å². The average molecular weight is 256 g/mol. The van der Waals surface area contributed by atoms with Crippen molar-refractivity contribution in [1.29, 1.82) is 0 Å². The zero-order valence-corrected chi connectivity index (χ0v) is 11.7. The third-order valence-corrected chi connectivity index (χ3v) is 2.92. The first-order chi connectivity index (χ1) is 9.19. The maximum Gasteiger partial charge on any atom is 0.219 e. The van der Waals surface area contributed by atoms with E-state index in [1.165, 1.54) is 11.1 Å². The van der Waals surface area contributed by atoms with E-state index in [-0.39, 0.29) is 0 Å². The molecule has 3 nitrogen and oxygen atoms in total. The summed E-state index contributed by atoms with van der Waals surface area (Å²) in [5, 5.41) is 3.29. The van der Waals surface area contributed by atoms with Crippen molar-refractivity contribution in [1.82, 2.24) is 10.3 Å². The molecule has 0 aliphatic carbocycles. The van der Waals surface area contributed by atoms with Crippen molar-refractivity contribution in [2.24, 2.45) is 0 Å². The van der Waals surface area contributed by atoms with E-state index in [1.807, 2.05) is 31.2 Å². The Bertz CT molecular complexity index is 552. The second kappa shape index (κ2) is 6.34. The molecule has 1 aromatic heterocycles. The van der Waals surface area contributed by atoms with Gasteiger partial charge in [0.25, 0.3) is 0 Å². The lowest BCUT2D eigenvalue weighted by Gasteiger charge is -2.09. The smallest absolute Gasteiger partial charge is 0.219 e. The van der Waals surface area contributed by atoms with Crippen LogP contribution in [-0.2, 0) is 6.54 Å². The zero-order valence-electron chi connectivity index (χ0n) is 11.7. The lowest BCUT2D eigenvalue weighted by atomic mass is 10.1. The Labute approximate surface area is 114 Å². The number of aryl methyl sites for hydroxylation is 2. The molecular formula is C16H20N2O. The molecule has 1 heterocycles. The minimum absolute atomic E-state index is 0.641. The summed E-state index contributed by atoms with van der Waals surface area (Å²) in [5.41, 5.74) is 3.54. The van der Waals surface area contributed by atoms with Gasteiger partial charge >= 0.3 is 0 Å². The van der Waals surface area contributed by atoms with Gasteiger partial charge < -0.3 is 10.1 Å². The van der Waals surface area contributed by atoms with Gasteiger partial charge in [-0.3, -0.25) is 0 Å². The van der Waals surface area contributed by atoms with Crippen LogP contribution in [0.3, 0.4) is 0 Å². The third kappa shape index (κ3) is 3.80. The highest BCUT2D eigenvalue weighted by molar-refractivity contribution is 5.38. The maximum atomic E-state index is 5.85. The molecule has 2 rings (SSSR count). The molecule has 1 aromatic carbocycles. The van der Waals surface area contributed by atoms with E-state index >= 15 is 0 Å². The van der Waals surface area contributed by atoms with Crippen LogP contribution in [0, 0.1) is 13.8 Å². The minimum Gasteiger partial charge on any atom is -0.439 e. The molecule has 19 heavy (non-hydrogen) atoms. The summed E-state index contributed by atoms with van der Waals surface area (Å²) >= 11 is 0. The number of benzene rings is 1. The fraction of sp³-hybridized carbons (Fsp3) is 0.312. The summed E-state index contributed by atoms with van der Waals surface area (Å²) in [5.74, 6) is 1.50. The van der Waals surface area contributed by atoms with Crippen LogP contribution in [0.5, 0.6) is 11.6 Å². The van der Waals surface area contributed by atoms with Crippen molar-refractivity contribution in [2.45, 2.75) is 27.3 Å². The van der Waals surface area contributed by atoms with Crippen molar-refractivity contribution in [3.8, 4) is 11.6 Å². The Hall–Kier alpha value is -1.87. The highest BCUT2D eigenvalue weighted by Gasteiger charge is 2.03. The number of nitrogens with zero attached hydrogens (tertiary/aromatic N) is 1. The van der Waals surface area contributed by atoms with Gasteiger partial charge in [-0.2, -0.15) is 0 Å². The van der Waals surface area contributed by atoms with Crippen molar-refractivity contribution in [3.63, 3.8) is 0 Å². The molecule has 0 saturated carbocycles. The highest BCUT2D eigenvalue weighted by Crippen LogP contribution is 2.24. The molecule has 100 valence electrons. The average Bonchev–Trinajstić information content (AvgIpc) is 2.40. The predicted octanol–water partition coefficient (Wildman–Crippen LogP) is 3.60. The fourth-order valence-electron chi connectivity index (χ4n) is 1.91. The van der Waals surface area contributed by atoms with Crippen LogP contribution in [0.25, 0.3) is 0 Å². The molecule has 0 fully saturated rings. The molecule has 0 atom stereocenters. The van der Waals surface area contributed by atoms with E-state index in [9.17, 15) is 0 Å². The van der Waals surface area contributed by atoms with Crippen molar-refractivity contribution in [3.05, 3.63) is 53.2 Å². The Morgan fingerprint density at radius 1 is 1.16 bits per heavy atom. The van der Waals surface area contributed by atoms with Gasteiger partial charge in [0.15, 0.2) is 0 Å². The quantitative estimate of drug-likeness (QED) is 0.887. The minimum atomic E-state index is 0.641. The molecule has 0 aliphatic rings. The number of hydrogen-bond acceptors (Lipinski definition) is 3. The lowest BCUT2D eigenvalue weighted by Crippen LogP contribution is -2.11. The Kier molecular flexibility index (Phi) is 4.53. The number of pyridine rings is 1. The monoisotopic (exact) mass is 256 g/mol. The first-order valence-electron chi connectivity index (χ1n) is 6.60. The molecule has 0 unspecified atom stereocenters. The van der Waals surface area contributed by atoms with Gasteiger partial charge in [0.2, 0.25) is 5.88 Å². The second-order valence-electron chi connectivity index (χ2n) is 4.65. The van der Waals surface area contributed by atoms with Crippen LogP contribution >= 0.6 is 0 Å². The molecule has 0 bridgehead atoms. The van der Waals surface area contributed by atoms with Gasteiger partial charge in [-0.05, 0) is 43.7 Å². The summed E-state index contributed by atoms with van der Waals surface area (Å²) in [7, 11) is 0. The number of rotatable bonds is 5. The summed E-state index contributed by atoms with van der Waals surface area (Å²) in [6.07, 6.45) is 1.78. The summed E-state index contributed by atoms with van der Waals surface area (Å²) < 4.78 is 5.85. The topological polar surface area (TPSA) is 34.2 Å². The predicted molar refractivity (Wildman–Crippen MR) is 77.6 cm³/mol. The molecule has 0 radical (unpaired) electrons. The summed E-state index contributed by atoms with van der Waals surface area (Å²) in [4.78, 5) is 4.26. The van der Waals surface area contributed by atoms with Gasteiger partial charge in [-0.15, -0.1) is 0 Å². The van der Waals surface area contributed by atoms with Crippen molar-refractivity contribution < 1.29 is 4.74 Å². The number of ether oxygens (including phenoxy) is 1. The normalized spacial score (nSPS) is 10.5. The molecule has 2 aromatic rings. The zero-order chi connectivity index (χ0) is 13.7. The van der Waals surface area contributed by atoms with Gasteiger partial charge in [-0.1, -0.05) is 24.6 Å². The Morgan fingerprint density at radius 3 is 2.74 bits per heavy atom. The van der Waals surface area contributed by atoms with Crippen LogP contribution in [0.1, 0.15) is 23.6 Å². The Balaban J connectivity index is 2.14. The SMILES string of the molecule is CCNCc1ccnc(Oc2ccc(C)cc2C)c1. The standard InChI is InChI=1S/C16H20N2O/c1-4-17-11-14-7-8-18-16(10-14)19-15-6-5-12(2)9-13(15)3/h5-10,17H,4,11H2,1-3H3. The van der Waals surface area contributed by atoms with Crippen LogP contribution in [0.2, 0.25) is 0 Å². The fourth-order valence-corrected chi connectivity index (χ4v) is 1.91. The molecular weight excluding hydrogens is 236 g/mol. The molecule has 0 aliphatic heterocycles. The van der Waals surface area contributed by atoms with Crippen molar-refractivity contribution in [2.75, 3.05) is 6.54 Å². The van der Waals surface area contributed by atoms with Gasteiger partial charge in [0.1, 0.15) is 5.75 Å². The maximum absolute atomic E-state index is 5.85. The van der Waals surface area contributed by atoms with Gasteiger partial charge in [-0.25, -0.2) is 4.98 Å². The molecule has 3 heteroatoms. The van der Waals surface area contributed by atoms with Crippen LogP contribution in [-0.4, -0.2) is 11.5 Å². The number of hydrogen-bond donors (Lipinski definition) is 1. The largest absolute Gasteiger partial charge is 0.439 e. The molecule has 0 spiro atoms. The van der Waals surface area contributed by atoms with E-state index in [4.69, 9.17) is 4.74 Å². The van der Waals surface area contributed by atoms with Gasteiger partial charge in [0, 0.05) is 18.8 Å². The summed E-state index contributed by atoms with van der Waals surface area (Å²) in [6.45, 7) is 8.00. The number of nitrogens with one attached hydrogen (secondary N) is 1. The number of aromatic nitrogens is 1. The highest BCUT2D eigenvalue weighted by atomic mass is 16.5. The molecule has 0 amide bonds. The Morgan fingerprint density at radius 2 is 2.00 bits per heavy atom. The van der Waals surface area contributed by atoms with Crippen molar-refractivity contribution >= 4 is 0 Å². The first-order valence-corrected chi connectivity index (χ1v) is 6.60. The van der Waals surface area contributed by atoms with E-state index in [2.05, 4.69) is 30.2 Å². The van der Waals surface area contributed by atoms with E-state index in [1.54, 1.807) is 6.20 Å². The van der Waals surface area contributed by atoms with Gasteiger partial charge in [0.05, 0.1) is 0 Å². The van der Waals surface area contributed by atoms with E-state index in [0.29, 0.717) is 5.88 Å². The van der Waals surface area contributed by atoms with Crippen LogP contribution in [0.15, 0.2) is 36.5 Å². The first kappa shape index (κ1) is 13.6.